The monoisotopic (exact) mass is 468 g/mol. The van der Waals surface area contributed by atoms with E-state index < -0.39 is 12.0 Å². The van der Waals surface area contributed by atoms with Crippen molar-refractivity contribution in [1.29, 1.82) is 0 Å². The Hall–Kier alpha value is -3.55. The summed E-state index contributed by atoms with van der Waals surface area (Å²) in [6.45, 7) is 5.76. The summed E-state index contributed by atoms with van der Waals surface area (Å²) < 4.78 is 16.4. The van der Waals surface area contributed by atoms with E-state index in [0.29, 0.717) is 42.7 Å². The first-order valence-corrected chi connectivity index (χ1v) is 11.6. The minimum atomic E-state index is -0.925. The van der Waals surface area contributed by atoms with Gasteiger partial charge in [0, 0.05) is 18.7 Å². The van der Waals surface area contributed by atoms with Crippen molar-refractivity contribution in [3.05, 3.63) is 60.2 Å². The molecule has 1 N–H and O–H groups in total. The fourth-order valence-electron chi connectivity index (χ4n) is 3.48. The zero-order chi connectivity index (χ0) is 24.3. The van der Waals surface area contributed by atoms with E-state index in [1.165, 1.54) is 4.90 Å². The zero-order valence-electron chi connectivity index (χ0n) is 19.7. The van der Waals surface area contributed by atoms with Crippen molar-refractivity contribution >= 4 is 17.8 Å². The molecule has 0 aliphatic carbocycles. The molecule has 34 heavy (non-hydrogen) atoms. The van der Waals surface area contributed by atoms with Crippen LogP contribution < -0.4 is 14.8 Å². The largest absolute Gasteiger partial charge is 0.494 e. The van der Waals surface area contributed by atoms with Crippen LogP contribution >= 0.6 is 0 Å². The number of carbonyl (C=O) groups is 3. The van der Waals surface area contributed by atoms with Crippen molar-refractivity contribution < 1.29 is 28.6 Å². The van der Waals surface area contributed by atoms with Gasteiger partial charge >= 0.3 is 5.97 Å². The van der Waals surface area contributed by atoms with Crippen LogP contribution in [0.2, 0.25) is 0 Å². The average molecular weight is 469 g/mol. The quantitative estimate of drug-likeness (QED) is 0.402. The molecule has 8 nitrogen and oxygen atoms in total. The second-order valence-electron chi connectivity index (χ2n) is 8.45. The number of esters is 1. The van der Waals surface area contributed by atoms with Crippen molar-refractivity contribution in [3.8, 4) is 11.5 Å². The predicted molar refractivity (Wildman–Crippen MR) is 127 cm³/mol. The molecular formula is C26H32N2O6. The van der Waals surface area contributed by atoms with E-state index in [4.69, 9.17) is 14.2 Å². The van der Waals surface area contributed by atoms with E-state index in [0.717, 1.165) is 6.42 Å². The molecule has 1 atom stereocenters. The summed E-state index contributed by atoms with van der Waals surface area (Å²) in [7, 11) is 0. The summed E-state index contributed by atoms with van der Waals surface area (Å²) in [5, 5.41) is 2.72. The molecule has 182 valence electrons. The molecule has 0 saturated carbocycles. The van der Waals surface area contributed by atoms with Crippen molar-refractivity contribution in [3.63, 3.8) is 0 Å². The SMILES string of the molecule is CC(C)CCOc1ccc(C(=O)N2CCNC(=O)C2CC(=O)OCCOc2ccccc2)cc1. The Bertz CT molecular complexity index is 946. The Kier molecular flexibility index (Phi) is 9.31. The number of nitrogens with one attached hydrogen (secondary N) is 1. The number of hydrogen-bond acceptors (Lipinski definition) is 6. The first-order chi connectivity index (χ1) is 16.4. The average Bonchev–Trinajstić information content (AvgIpc) is 2.83. The number of para-hydroxylation sites is 1. The van der Waals surface area contributed by atoms with Gasteiger partial charge in [-0.05, 0) is 48.7 Å². The van der Waals surface area contributed by atoms with Crippen LogP contribution in [-0.2, 0) is 14.3 Å². The molecule has 2 amide bonds. The van der Waals surface area contributed by atoms with Gasteiger partial charge in [0.1, 0.15) is 30.8 Å². The van der Waals surface area contributed by atoms with Gasteiger partial charge in [-0.15, -0.1) is 0 Å². The fourth-order valence-corrected chi connectivity index (χ4v) is 3.48. The van der Waals surface area contributed by atoms with E-state index >= 15 is 0 Å². The maximum Gasteiger partial charge on any atom is 0.308 e. The van der Waals surface area contributed by atoms with Gasteiger partial charge in [0.05, 0.1) is 13.0 Å². The number of ether oxygens (including phenoxy) is 3. The van der Waals surface area contributed by atoms with Crippen LogP contribution in [0.15, 0.2) is 54.6 Å². The van der Waals surface area contributed by atoms with Crippen LogP contribution in [0.1, 0.15) is 37.0 Å². The van der Waals surface area contributed by atoms with Crippen molar-refractivity contribution in [2.75, 3.05) is 32.9 Å². The molecule has 3 rings (SSSR count). The van der Waals surface area contributed by atoms with Gasteiger partial charge < -0.3 is 24.4 Å². The van der Waals surface area contributed by atoms with Crippen LogP contribution in [0.25, 0.3) is 0 Å². The Labute approximate surface area is 200 Å². The number of carbonyl (C=O) groups excluding carboxylic acids is 3. The van der Waals surface area contributed by atoms with E-state index in [9.17, 15) is 14.4 Å². The maximum absolute atomic E-state index is 13.1. The van der Waals surface area contributed by atoms with Crippen LogP contribution in [-0.4, -0.2) is 61.6 Å². The van der Waals surface area contributed by atoms with Crippen LogP contribution in [0.3, 0.4) is 0 Å². The highest BCUT2D eigenvalue weighted by Gasteiger charge is 2.35. The summed E-state index contributed by atoms with van der Waals surface area (Å²) in [5.74, 6) is 0.667. The standard InChI is InChI=1S/C26H32N2O6/c1-19(2)12-15-32-22-10-8-20(9-11-22)26(31)28-14-13-27-25(30)23(28)18-24(29)34-17-16-33-21-6-4-3-5-7-21/h3-11,19,23H,12-18H2,1-2H3,(H,27,30). The molecular weight excluding hydrogens is 436 g/mol. The van der Waals surface area contributed by atoms with Gasteiger partial charge in [-0.3, -0.25) is 14.4 Å². The minimum absolute atomic E-state index is 0.0499. The fraction of sp³-hybridized carbons (Fsp3) is 0.423. The van der Waals surface area contributed by atoms with Crippen LogP contribution in [0.4, 0.5) is 0 Å². The summed E-state index contributed by atoms with van der Waals surface area (Å²) in [6, 6.07) is 15.1. The summed E-state index contributed by atoms with van der Waals surface area (Å²) in [4.78, 5) is 39.3. The molecule has 2 aromatic rings. The third-order valence-electron chi connectivity index (χ3n) is 5.38. The molecule has 0 radical (unpaired) electrons. The zero-order valence-corrected chi connectivity index (χ0v) is 19.7. The lowest BCUT2D eigenvalue weighted by molar-refractivity contribution is -0.148. The van der Waals surface area contributed by atoms with E-state index in [2.05, 4.69) is 19.2 Å². The summed E-state index contributed by atoms with van der Waals surface area (Å²) >= 11 is 0. The third kappa shape index (κ3) is 7.50. The van der Waals surface area contributed by atoms with E-state index in [1.54, 1.807) is 24.3 Å². The number of piperazine rings is 1. The Morgan fingerprint density at radius 2 is 1.65 bits per heavy atom. The van der Waals surface area contributed by atoms with Gasteiger partial charge in [0.2, 0.25) is 5.91 Å². The molecule has 0 bridgehead atoms. The van der Waals surface area contributed by atoms with Gasteiger partial charge in [0.25, 0.3) is 5.91 Å². The highest BCUT2D eigenvalue weighted by molar-refractivity contribution is 5.99. The maximum atomic E-state index is 13.1. The molecule has 1 saturated heterocycles. The lowest BCUT2D eigenvalue weighted by Gasteiger charge is -2.34. The van der Waals surface area contributed by atoms with Gasteiger partial charge in [-0.1, -0.05) is 32.0 Å². The smallest absolute Gasteiger partial charge is 0.308 e. The Morgan fingerprint density at radius 1 is 0.971 bits per heavy atom. The molecule has 0 spiro atoms. The van der Waals surface area contributed by atoms with Crippen LogP contribution in [0.5, 0.6) is 11.5 Å². The molecule has 1 aliphatic rings. The molecule has 2 aromatic carbocycles. The predicted octanol–water partition coefficient (Wildman–Crippen LogP) is 3.06. The van der Waals surface area contributed by atoms with E-state index in [-0.39, 0.29) is 31.4 Å². The normalized spacial score (nSPS) is 15.6. The second-order valence-corrected chi connectivity index (χ2v) is 8.45. The summed E-state index contributed by atoms with van der Waals surface area (Å²) in [6.07, 6.45) is 0.721. The van der Waals surface area contributed by atoms with Gasteiger partial charge in [0.15, 0.2) is 0 Å². The van der Waals surface area contributed by atoms with Crippen molar-refractivity contribution in [2.45, 2.75) is 32.7 Å². The molecule has 1 aliphatic heterocycles. The lowest BCUT2D eigenvalue weighted by atomic mass is 10.1. The number of nitrogens with zero attached hydrogens (tertiary/aromatic N) is 1. The summed E-state index contributed by atoms with van der Waals surface area (Å²) in [5.41, 5.74) is 0.431. The number of amides is 2. The highest BCUT2D eigenvalue weighted by Crippen LogP contribution is 2.18. The number of rotatable bonds is 11. The molecule has 1 fully saturated rings. The molecule has 1 unspecified atom stereocenters. The van der Waals surface area contributed by atoms with Crippen molar-refractivity contribution in [2.24, 2.45) is 5.92 Å². The van der Waals surface area contributed by atoms with Crippen molar-refractivity contribution in [1.82, 2.24) is 10.2 Å². The van der Waals surface area contributed by atoms with Gasteiger partial charge in [-0.2, -0.15) is 0 Å². The first kappa shape index (κ1) is 25.1. The Morgan fingerprint density at radius 3 is 2.35 bits per heavy atom. The minimum Gasteiger partial charge on any atom is -0.494 e. The topological polar surface area (TPSA) is 94.2 Å². The van der Waals surface area contributed by atoms with Gasteiger partial charge in [-0.25, -0.2) is 0 Å². The van der Waals surface area contributed by atoms with E-state index in [1.807, 2.05) is 30.3 Å². The Balaban J connectivity index is 1.52. The first-order valence-electron chi connectivity index (χ1n) is 11.6. The second kappa shape index (κ2) is 12.6. The van der Waals surface area contributed by atoms with Crippen LogP contribution in [0, 0.1) is 5.92 Å². The molecule has 8 heteroatoms. The highest BCUT2D eigenvalue weighted by atomic mass is 16.6. The third-order valence-corrected chi connectivity index (χ3v) is 5.38. The molecule has 0 aromatic heterocycles. The number of hydrogen-bond donors (Lipinski definition) is 1. The number of benzene rings is 2. The molecule has 1 heterocycles. The lowest BCUT2D eigenvalue weighted by Crippen LogP contribution is -2.57.